The zero-order valence-corrected chi connectivity index (χ0v) is 13.2. The highest BCUT2D eigenvalue weighted by Crippen LogP contribution is 2.18. The smallest absolute Gasteiger partial charge is 0.329 e. The predicted molar refractivity (Wildman–Crippen MR) is 82.0 cm³/mol. The molecule has 0 fully saturated rings. The standard InChI is InChI=1S/C15H24N2O5/c1-4-5-6-16(3)8-11-7-12(19)13(20)9-17(11)14(10(2)18)15(21)22/h7,9-10,14,18,20H,4-6,8H2,1-3H3,(H,21,22). The van der Waals surface area contributed by atoms with Crippen molar-refractivity contribution in [2.45, 2.75) is 45.4 Å². The van der Waals surface area contributed by atoms with E-state index in [4.69, 9.17) is 0 Å². The molecule has 0 aliphatic carbocycles. The number of unbranched alkanes of at least 4 members (excludes halogenated alkanes) is 1. The molecule has 0 saturated heterocycles. The average Bonchev–Trinajstić information content (AvgIpc) is 2.41. The molecule has 1 aromatic rings. The lowest BCUT2D eigenvalue weighted by Gasteiger charge is -2.25. The predicted octanol–water partition coefficient (Wildman–Crippen LogP) is 0.792. The molecule has 1 heterocycles. The van der Waals surface area contributed by atoms with Crippen molar-refractivity contribution in [1.82, 2.24) is 9.47 Å². The molecule has 0 bridgehead atoms. The number of carbonyl (C=O) groups is 1. The number of aliphatic hydroxyl groups excluding tert-OH is 1. The molecule has 0 saturated carbocycles. The normalized spacial score (nSPS) is 14.0. The number of carboxylic acids is 1. The third-order valence-electron chi connectivity index (χ3n) is 3.48. The van der Waals surface area contributed by atoms with Crippen molar-refractivity contribution in [3.63, 3.8) is 0 Å². The van der Waals surface area contributed by atoms with E-state index in [1.807, 2.05) is 11.9 Å². The summed E-state index contributed by atoms with van der Waals surface area (Å²) in [6.45, 7) is 4.58. The van der Waals surface area contributed by atoms with Gasteiger partial charge >= 0.3 is 5.97 Å². The van der Waals surface area contributed by atoms with Crippen LogP contribution >= 0.6 is 0 Å². The summed E-state index contributed by atoms with van der Waals surface area (Å²) in [5.41, 5.74) is -0.125. The van der Waals surface area contributed by atoms with Crippen LogP contribution in [0.25, 0.3) is 0 Å². The number of hydrogen-bond acceptors (Lipinski definition) is 5. The Bertz CT molecular complexity index is 568. The lowest BCUT2D eigenvalue weighted by Crippen LogP contribution is -2.33. The van der Waals surface area contributed by atoms with E-state index in [2.05, 4.69) is 6.92 Å². The van der Waals surface area contributed by atoms with Crippen LogP contribution in [0.3, 0.4) is 0 Å². The van der Waals surface area contributed by atoms with Crippen LogP contribution in [0.5, 0.6) is 5.75 Å². The fourth-order valence-electron chi connectivity index (χ4n) is 2.31. The Morgan fingerprint density at radius 3 is 2.59 bits per heavy atom. The largest absolute Gasteiger partial charge is 0.503 e. The maximum Gasteiger partial charge on any atom is 0.329 e. The van der Waals surface area contributed by atoms with Crippen LogP contribution in [0.4, 0.5) is 0 Å². The molecule has 0 aliphatic rings. The van der Waals surface area contributed by atoms with E-state index >= 15 is 0 Å². The number of hydrogen-bond donors (Lipinski definition) is 3. The van der Waals surface area contributed by atoms with Gasteiger partial charge in [-0.05, 0) is 26.9 Å². The number of nitrogens with zero attached hydrogens (tertiary/aromatic N) is 2. The monoisotopic (exact) mass is 312 g/mol. The summed E-state index contributed by atoms with van der Waals surface area (Å²) in [6, 6.07) is -0.0445. The molecule has 0 aliphatic heterocycles. The van der Waals surface area contributed by atoms with Crippen LogP contribution in [0.1, 0.15) is 38.4 Å². The summed E-state index contributed by atoms with van der Waals surface area (Å²) in [5.74, 6) is -1.76. The SMILES string of the molecule is CCCCN(C)Cc1cc(=O)c(O)cn1C(C(=O)O)C(C)O. The fourth-order valence-corrected chi connectivity index (χ4v) is 2.31. The Kier molecular flexibility index (Phi) is 6.58. The van der Waals surface area contributed by atoms with Gasteiger partial charge in [0.15, 0.2) is 11.8 Å². The first kappa shape index (κ1) is 18.2. The second-order valence-corrected chi connectivity index (χ2v) is 5.54. The van der Waals surface area contributed by atoms with Crippen molar-refractivity contribution in [2.24, 2.45) is 0 Å². The van der Waals surface area contributed by atoms with Crippen molar-refractivity contribution < 1.29 is 20.1 Å². The number of aromatic nitrogens is 1. The number of aliphatic carboxylic acids is 1. The molecule has 7 nitrogen and oxygen atoms in total. The minimum atomic E-state index is -1.26. The summed E-state index contributed by atoms with van der Waals surface area (Å²) in [6.07, 6.45) is 1.92. The zero-order valence-electron chi connectivity index (χ0n) is 13.2. The van der Waals surface area contributed by atoms with Gasteiger partial charge < -0.3 is 24.8 Å². The zero-order chi connectivity index (χ0) is 16.9. The Morgan fingerprint density at radius 2 is 2.09 bits per heavy atom. The van der Waals surface area contributed by atoms with E-state index < -0.39 is 29.3 Å². The van der Waals surface area contributed by atoms with Gasteiger partial charge in [-0.15, -0.1) is 0 Å². The Morgan fingerprint density at radius 1 is 1.45 bits per heavy atom. The number of aliphatic hydroxyl groups is 1. The molecular formula is C15H24N2O5. The minimum Gasteiger partial charge on any atom is -0.503 e. The molecule has 2 unspecified atom stereocenters. The second kappa shape index (κ2) is 7.95. The molecule has 7 heteroatoms. The molecule has 0 aromatic carbocycles. The van der Waals surface area contributed by atoms with Crippen LogP contribution in [0, 0.1) is 0 Å². The van der Waals surface area contributed by atoms with Gasteiger partial charge in [0.25, 0.3) is 0 Å². The summed E-state index contributed by atoms with van der Waals surface area (Å²) in [5, 5.41) is 28.6. The third kappa shape index (κ3) is 4.57. The van der Waals surface area contributed by atoms with Crippen molar-refractivity contribution in [3.05, 3.63) is 28.2 Å². The summed E-state index contributed by atoms with van der Waals surface area (Å²) < 4.78 is 1.26. The third-order valence-corrected chi connectivity index (χ3v) is 3.48. The van der Waals surface area contributed by atoms with Gasteiger partial charge in [0.1, 0.15) is 0 Å². The Hall–Kier alpha value is -1.86. The van der Waals surface area contributed by atoms with E-state index in [-0.39, 0.29) is 0 Å². The molecule has 1 aromatic heterocycles. The van der Waals surface area contributed by atoms with Gasteiger partial charge in [-0.3, -0.25) is 4.79 Å². The van der Waals surface area contributed by atoms with E-state index in [1.165, 1.54) is 17.6 Å². The highest BCUT2D eigenvalue weighted by molar-refractivity contribution is 5.72. The molecule has 0 spiro atoms. The lowest BCUT2D eigenvalue weighted by molar-refractivity contribution is -0.144. The van der Waals surface area contributed by atoms with Crippen LogP contribution < -0.4 is 5.43 Å². The van der Waals surface area contributed by atoms with Crippen LogP contribution in [-0.2, 0) is 11.3 Å². The Balaban J connectivity index is 3.22. The maximum atomic E-state index is 11.7. The van der Waals surface area contributed by atoms with Gasteiger partial charge in [-0.2, -0.15) is 0 Å². The van der Waals surface area contributed by atoms with Crippen molar-refractivity contribution in [3.8, 4) is 5.75 Å². The van der Waals surface area contributed by atoms with E-state index in [9.17, 15) is 24.9 Å². The average molecular weight is 312 g/mol. The maximum absolute atomic E-state index is 11.7. The number of aromatic hydroxyl groups is 1. The van der Waals surface area contributed by atoms with Crippen LogP contribution in [0.2, 0.25) is 0 Å². The first-order valence-corrected chi connectivity index (χ1v) is 7.31. The number of pyridine rings is 1. The molecular weight excluding hydrogens is 288 g/mol. The second-order valence-electron chi connectivity index (χ2n) is 5.54. The molecule has 3 N–H and O–H groups in total. The summed E-state index contributed by atoms with van der Waals surface area (Å²) >= 11 is 0. The minimum absolute atomic E-state index is 0.353. The van der Waals surface area contributed by atoms with Crippen molar-refractivity contribution >= 4 is 5.97 Å². The van der Waals surface area contributed by atoms with Gasteiger partial charge in [-0.25, -0.2) is 4.79 Å². The molecule has 22 heavy (non-hydrogen) atoms. The topological polar surface area (TPSA) is 103 Å². The molecule has 124 valence electrons. The van der Waals surface area contributed by atoms with Crippen LogP contribution in [-0.4, -0.2) is 50.5 Å². The van der Waals surface area contributed by atoms with Crippen molar-refractivity contribution in [2.75, 3.05) is 13.6 Å². The quantitative estimate of drug-likeness (QED) is 0.656. The molecule has 2 atom stereocenters. The van der Waals surface area contributed by atoms with E-state index in [0.717, 1.165) is 25.6 Å². The van der Waals surface area contributed by atoms with Gasteiger partial charge in [0, 0.05) is 18.3 Å². The molecule has 0 radical (unpaired) electrons. The van der Waals surface area contributed by atoms with Crippen molar-refractivity contribution in [1.29, 1.82) is 0 Å². The lowest BCUT2D eigenvalue weighted by atomic mass is 10.1. The van der Waals surface area contributed by atoms with E-state index in [0.29, 0.717) is 12.2 Å². The Labute approximate surface area is 129 Å². The fraction of sp³-hybridized carbons (Fsp3) is 0.600. The first-order chi connectivity index (χ1) is 10.3. The van der Waals surface area contributed by atoms with Crippen LogP contribution in [0.15, 0.2) is 17.1 Å². The summed E-state index contributed by atoms with van der Waals surface area (Å²) in [7, 11) is 1.87. The summed E-state index contributed by atoms with van der Waals surface area (Å²) in [4.78, 5) is 25.0. The van der Waals surface area contributed by atoms with Gasteiger partial charge in [0.05, 0.1) is 12.3 Å². The first-order valence-electron chi connectivity index (χ1n) is 7.31. The van der Waals surface area contributed by atoms with Gasteiger partial charge in [0.2, 0.25) is 5.43 Å². The molecule has 1 rings (SSSR count). The highest BCUT2D eigenvalue weighted by atomic mass is 16.4. The van der Waals surface area contributed by atoms with E-state index in [1.54, 1.807) is 0 Å². The highest BCUT2D eigenvalue weighted by Gasteiger charge is 2.27. The number of carboxylic acid groups (broad SMARTS) is 1. The molecule has 0 amide bonds. The number of rotatable bonds is 8. The van der Waals surface area contributed by atoms with Gasteiger partial charge in [-0.1, -0.05) is 13.3 Å².